The molecule has 2 heterocycles. The van der Waals surface area contributed by atoms with E-state index in [9.17, 15) is 14.4 Å². The van der Waals surface area contributed by atoms with Gasteiger partial charge in [-0.25, -0.2) is 0 Å². The third-order valence-electron chi connectivity index (χ3n) is 3.20. The van der Waals surface area contributed by atoms with Crippen molar-refractivity contribution in [3.8, 4) is 0 Å². The van der Waals surface area contributed by atoms with E-state index in [0.717, 1.165) is 4.90 Å². The van der Waals surface area contributed by atoms with Gasteiger partial charge in [-0.2, -0.15) is 5.10 Å². The number of carbonyl (C=O) groups excluding carboxylic acids is 3. The molecule has 1 aliphatic heterocycles. The molecule has 7 heteroatoms. The van der Waals surface area contributed by atoms with Gasteiger partial charge < -0.3 is 5.32 Å². The van der Waals surface area contributed by atoms with Crippen molar-refractivity contribution in [2.24, 2.45) is 0 Å². The number of amides is 2. The molecule has 0 fully saturated rings. The fourth-order valence-corrected chi connectivity index (χ4v) is 2.15. The first-order valence-electron chi connectivity index (χ1n) is 6.57. The van der Waals surface area contributed by atoms with Crippen molar-refractivity contribution in [1.29, 1.82) is 0 Å². The van der Waals surface area contributed by atoms with Crippen molar-refractivity contribution in [2.75, 3.05) is 11.9 Å². The Morgan fingerprint density at radius 1 is 1.18 bits per heavy atom. The molecule has 0 radical (unpaired) electrons. The number of H-pyrrole nitrogens is 1. The van der Waals surface area contributed by atoms with Crippen molar-refractivity contribution >= 4 is 23.4 Å². The largest absolute Gasteiger partial charge is 0.347 e. The Hall–Kier alpha value is -3.22. The molecule has 0 spiro atoms. The molecule has 1 aliphatic rings. The van der Waals surface area contributed by atoms with E-state index in [4.69, 9.17) is 0 Å². The number of carbonyl (C=O) groups is 3. The molecule has 0 saturated carbocycles. The Balaban J connectivity index is 1.64. The average molecular weight is 296 g/mol. The summed E-state index contributed by atoms with van der Waals surface area (Å²) in [5.74, 6) is -0.612. The minimum atomic E-state index is -0.441. The number of hydrogen-bond donors (Lipinski definition) is 2. The van der Waals surface area contributed by atoms with E-state index < -0.39 is 11.8 Å². The van der Waals surface area contributed by atoms with Crippen LogP contribution in [-0.4, -0.2) is 39.2 Å². The monoisotopic (exact) mass is 296 g/mol. The Bertz CT molecular complexity index is 730. The molecule has 2 N–H and O–H groups in total. The van der Waals surface area contributed by atoms with Crippen LogP contribution in [0.15, 0.2) is 48.8 Å². The van der Waals surface area contributed by atoms with E-state index in [0.29, 0.717) is 16.9 Å². The zero-order valence-electron chi connectivity index (χ0n) is 11.4. The molecule has 0 saturated heterocycles. The number of benzene rings is 1. The Kier molecular flexibility index (Phi) is 3.53. The molecule has 1 aromatic carbocycles. The van der Waals surface area contributed by atoms with Gasteiger partial charge in [-0.3, -0.25) is 24.4 Å². The molecule has 7 nitrogen and oxygen atoms in total. The van der Waals surface area contributed by atoms with E-state index in [1.165, 1.54) is 12.3 Å². The van der Waals surface area contributed by atoms with Crippen LogP contribution < -0.4 is 5.32 Å². The van der Waals surface area contributed by atoms with Crippen LogP contribution in [0.25, 0.3) is 0 Å². The second-order valence-corrected chi connectivity index (χ2v) is 4.66. The number of aromatic amines is 1. The third-order valence-corrected chi connectivity index (χ3v) is 3.20. The molecule has 0 unspecified atom stereocenters. The van der Waals surface area contributed by atoms with E-state index in [-0.39, 0.29) is 12.3 Å². The molecule has 22 heavy (non-hydrogen) atoms. The lowest BCUT2D eigenvalue weighted by atomic mass is 10.1. The second kappa shape index (κ2) is 5.65. The lowest BCUT2D eigenvalue weighted by Crippen LogP contribution is -2.34. The van der Waals surface area contributed by atoms with Crippen LogP contribution in [0.5, 0.6) is 0 Å². The van der Waals surface area contributed by atoms with Crippen LogP contribution >= 0.6 is 0 Å². The zero-order chi connectivity index (χ0) is 15.5. The summed E-state index contributed by atoms with van der Waals surface area (Å²) in [6, 6.07) is 8.22. The number of imide groups is 1. The van der Waals surface area contributed by atoms with E-state index in [2.05, 4.69) is 15.5 Å². The molecule has 2 amide bonds. The number of nitrogens with zero attached hydrogens (tertiary/aromatic N) is 2. The lowest BCUT2D eigenvalue weighted by molar-refractivity contribution is -0.114. The summed E-state index contributed by atoms with van der Waals surface area (Å²) < 4.78 is 0. The fraction of sp³-hybridized carbons (Fsp3) is 0.0667. The van der Waals surface area contributed by atoms with Gasteiger partial charge in [-0.15, -0.1) is 0 Å². The smallest absolute Gasteiger partial charge is 0.261 e. The molecule has 3 rings (SSSR count). The summed E-state index contributed by atoms with van der Waals surface area (Å²) in [5, 5.41) is 9.22. The first-order chi connectivity index (χ1) is 10.7. The van der Waals surface area contributed by atoms with Gasteiger partial charge in [-0.05, 0) is 18.2 Å². The maximum atomic E-state index is 12.1. The molecule has 2 aromatic rings. The van der Waals surface area contributed by atoms with Crippen LogP contribution in [0.3, 0.4) is 0 Å². The molecular formula is C15H12N4O3. The van der Waals surface area contributed by atoms with Crippen molar-refractivity contribution in [2.45, 2.75) is 0 Å². The van der Waals surface area contributed by atoms with Crippen molar-refractivity contribution in [3.63, 3.8) is 0 Å². The zero-order valence-corrected chi connectivity index (χ0v) is 11.4. The van der Waals surface area contributed by atoms with Gasteiger partial charge in [0.2, 0.25) is 0 Å². The highest BCUT2D eigenvalue weighted by Gasteiger charge is 2.35. The van der Waals surface area contributed by atoms with Gasteiger partial charge in [0.1, 0.15) is 5.82 Å². The minimum Gasteiger partial charge on any atom is -0.347 e. The van der Waals surface area contributed by atoms with Gasteiger partial charge in [0.25, 0.3) is 11.8 Å². The van der Waals surface area contributed by atoms with Crippen LogP contribution in [-0.2, 0) is 4.79 Å². The van der Waals surface area contributed by atoms with Gasteiger partial charge >= 0.3 is 0 Å². The third kappa shape index (κ3) is 2.51. The van der Waals surface area contributed by atoms with Crippen LogP contribution in [0.1, 0.15) is 20.7 Å². The van der Waals surface area contributed by atoms with Crippen LogP contribution in [0.2, 0.25) is 0 Å². The summed E-state index contributed by atoms with van der Waals surface area (Å²) in [6.07, 6.45) is 4.26. The molecule has 1 aromatic heterocycles. The number of hydrogen-bond acceptors (Lipinski definition) is 5. The molecule has 110 valence electrons. The number of fused-ring (bicyclic) bond motifs is 1. The summed E-state index contributed by atoms with van der Waals surface area (Å²) in [5.41, 5.74) is 0.666. The topological polar surface area (TPSA) is 95.2 Å². The lowest BCUT2D eigenvalue weighted by Gasteiger charge is -2.10. The van der Waals surface area contributed by atoms with Gasteiger partial charge in [0, 0.05) is 12.3 Å². The minimum absolute atomic E-state index is 0.284. The predicted octanol–water partition coefficient (Wildman–Crippen LogP) is 1.20. The summed E-state index contributed by atoms with van der Waals surface area (Å²) in [7, 11) is 0. The van der Waals surface area contributed by atoms with E-state index >= 15 is 0 Å². The summed E-state index contributed by atoms with van der Waals surface area (Å²) >= 11 is 0. The summed E-state index contributed by atoms with van der Waals surface area (Å²) in [6.45, 7) is -0.284. The van der Waals surface area contributed by atoms with E-state index in [1.54, 1.807) is 36.5 Å². The highest BCUT2D eigenvalue weighted by atomic mass is 16.2. The first kappa shape index (κ1) is 13.7. The van der Waals surface area contributed by atoms with Crippen molar-refractivity contribution in [3.05, 3.63) is 59.9 Å². The highest BCUT2D eigenvalue weighted by molar-refractivity contribution is 6.22. The second-order valence-electron chi connectivity index (χ2n) is 4.66. The number of rotatable bonds is 5. The number of anilines is 1. The van der Waals surface area contributed by atoms with Crippen molar-refractivity contribution in [1.82, 2.24) is 15.1 Å². The molecule has 0 atom stereocenters. The maximum absolute atomic E-state index is 12.1. The molecule has 0 aliphatic carbocycles. The van der Waals surface area contributed by atoms with Gasteiger partial charge in [0.15, 0.2) is 5.78 Å². The Morgan fingerprint density at radius 2 is 1.86 bits per heavy atom. The Morgan fingerprint density at radius 3 is 2.45 bits per heavy atom. The number of ketones is 1. The molecular weight excluding hydrogens is 284 g/mol. The SMILES string of the molecule is O=C(/C=C/Nc1ccn[nH]1)CN1C(=O)c2ccccc2C1=O. The summed E-state index contributed by atoms with van der Waals surface area (Å²) in [4.78, 5) is 37.0. The first-order valence-corrected chi connectivity index (χ1v) is 6.57. The van der Waals surface area contributed by atoms with Crippen molar-refractivity contribution < 1.29 is 14.4 Å². The normalized spacial score (nSPS) is 13.7. The van der Waals surface area contributed by atoms with Crippen LogP contribution in [0, 0.1) is 0 Å². The van der Waals surface area contributed by atoms with Gasteiger partial charge in [0.05, 0.1) is 23.9 Å². The molecule has 0 bridgehead atoms. The maximum Gasteiger partial charge on any atom is 0.261 e. The van der Waals surface area contributed by atoms with E-state index in [1.807, 2.05) is 0 Å². The average Bonchev–Trinajstić information content (AvgIpc) is 3.11. The quantitative estimate of drug-likeness (QED) is 0.638. The standard InChI is InChI=1S/C15H12N4O3/c20-10(5-7-16-13-6-8-17-18-13)9-19-14(21)11-3-1-2-4-12(11)15(19)22/h1-8H,9H2,(H2,16,17,18)/b7-5+. The number of aromatic nitrogens is 2. The number of nitrogens with one attached hydrogen (secondary N) is 2. The fourth-order valence-electron chi connectivity index (χ4n) is 2.15. The predicted molar refractivity (Wildman–Crippen MR) is 78.2 cm³/mol. The highest BCUT2D eigenvalue weighted by Crippen LogP contribution is 2.22. The van der Waals surface area contributed by atoms with Gasteiger partial charge in [-0.1, -0.05) is 12.1 Å². The van der Waals surface area contributed by atoms with Crippen LogP contribution in [0.4, 0.5) is 5.82 Å². The Labute approximate surface area is 125 Å².